The van der Waals surface area contributed by atoms with Crippen LogP contribution < -0.4 is 16.0 Å². The van der Waals surface area contributed by atoms with Crippen molar-refractivity contribution in [2.45, 2.75) is 26.8 Å². The number of benzene rings is 1. The van der Waals surface area contributed by atoms with Crippen LogP contribution in [0.3, 0.4) is 0 Å². The number of aryl methyl sites for hydroxylation is 3. The maximum absolute atomic E-state index is 5.76. The summed E-state index contributed by atoms with van der Waals surface area (Å²) in [5.74, 6) is 6.64. The minimum atomic E-state index is 0.00759. The van der Waals surface area contributed by atoms with Gasteiger partial charge in [-0.1, -0.05) is 12.1 Å². The Morgan fingerprint density at radius 1 is 1.11 bits per heavy atom. The fourth-order valence-corrected chi connectivity index (χ4v) is 3.14. The van der Waals surface area contributed by atoms with Crippen molar-refractivity contribution < 1.29 is 4.74 Å². The van der Waals surface area contributed by atoms with Gasteiger partial charge < -0.3 is 4.74 Å². The van der Waals surface area contributed by atoms with Gasteiger partial charge in [0.05, 0.1) is 13.2 Å². The zero-order chi connectivity index (χ0) is 14.0. The first-order chi connectivity index (χ1) is 9.06. The molecule has 2 aromatic rings. The third-order valence-electron chi connectivity index (χ3n) is 3.48. The van der Waals surface area contributed by atoms with Crippen molar-refractivity contribution in [2.24, 2.45) is 5.84 Å². The molecule has 3 N–H and O–H groups in total. The van der Waals surface area contributed by atoms with Crippen LogP contribution in [0.2, 0.25) is 0 Å². The summed E-state index contributed by atoms with van der Waals surface area (Å²) in [5, 5.41) is 2.00. The zero-order valence-corrected chi connectivity index (χ0v) is 12.6. The normalized spacial score (nSPS) is 12.5. The van der Waals surface area contributed by atoms with Crippen LogP contribution in [0.4, 0.5) is 0 Å². The van der Waals surface area contributed by atoms with E-state index < -0.39 is 0 Å². The summed E-state index contributed by atoms with van der Waals surface area (Å²) >= 11 is 1.65. The molecule has 1 unspecified atom stereocenters. The quantitative estimate of drug-likeness (QED) is 0.666. The lowest BCUT2D eigenvalue weighted by molar-refractivity contribution is 0.416. The molecule has 0 aliphatic heterocycles. The Balaban J connectivity index is 2.44. The number of hydrogen-bond donors (Lipinski definition) is 2. The molecule has 0 aliphatic rings. The number of nitrogens with one attached hydrogen (secondary N) is 1. The van der Waals surface area contributed by atoms with E-state index in [1.54, 1.807) is 18.4 Å². The maximum atomic E-state index is 5.76. The number of nitrogens with two attached hydrogens (primary N) is 1. The first kappa shape index (κ1) is 14.1. The lowest BCUT2D eigenvalue weighted by Crippen LogP contribution is -2.28. The molecule has 0 saturated carbocycles. The van der Waals surface area contributed by atoms with Gasteiger partial charge >= 0.3 is 0 Å². The fraction of sp³-hybridized carbons (Fsp3) is 0.333. The van der Waals surface area contributed by atoms with Gasteiger partial charge in [0.15, 0.2) is 0 Å². The summed E-state index contributed by atoms with van der Waals surface area (Å²) in [6.45, 7) is 6.38. The molecule has 4 heteroatoms. The van der Waals surface area contributed by atoms with Crippen LogP contribution in [-0.4, -0.2) is 7.11 Å². The smallest absolute Gasteiger partial charge is 0.129 e. The average molecular weight is 276 g/mol. The Hall–Kier alpha value is -1.36. The summed E-state index contributed by atoms with van der Waals surface area (Å²) < 4.78 is 5.24. The van der Waals surface area contributed by atoms with Gasteiger partial charge in [-0.25, -0.2) is 5.43 Å². The third kappa shape index (κ3) is 2.81. The first-order valence-corrected chi connectivity index (χ1v) is 7.11. The van der Waals surface area contributed by atoms with Gasteiger partial charge in [-0.2, -0.15) is 0 Å². The van der Waals surface area contributed by atoms with E-state index in [1.807, 2.05) is 11.4 Å². The Labute approximate surface area is 118 Å². The van der Waals surface area contributed by atoms with Crippen molar-refractivity contribution in [3.63, 3.8) is 0 Å². The zero-order valence-electron chi connectivity index (χ0n) is 11.8. The highest BCUT2D eigenvalue weighted by Crippen LogP contribution is 2.32. The van der Waals surface area contributed by atoms with E-state index in [2.05, 4.69) is 38.3 Å². The van der Waals surface area contributed by atoms with Crippen LogP contribution in [0.15, 0.2) is 23.6 Å². The number of thiophene rings is 1. The van der Waals surface area contributed by atoms with Gasteiger partial charge in [-0.3, -0.25) is 5.84 Å². The summed E-state index contributed by atoms with van der Waals surface area (Å²) in [4.78, 5) is 1.16. The number of methoxy groups -OCH3 is 1. The van der Waals surface area contributed by atoms with Crippen molar-refractivity contribution >= 4 is 11.3 Å². The second-order valence-corrected chi connectivity index (χ2v) is 5.72. The van der Waals surface area contributed by atoms with Crippen molar-refractivity contribution in [3.05, 3.63) is 50.7 Å². The average Bonchev–Trinajstić information content (AvgIpc) is 2.85. The molecule has 0 fully saturated rings. The summed E-state index contributed by atoms with van der Waals surface area (Å²) in [6.07, 6.45) is 0. The molecule has 0 saturated heterocycles. The van der Waals surface area contributed by atoms with Crippen molar-refractivity contribution in [2.75, 3.05) is 7.11 Å². The van der Waals surface area contributed by atoms with Gasteiger partial charge in [0, 0.05) is 10.3 Å². The Kier molecular flexibility index (Phi) is 4.24. The lowest BCUT2D eigenvalue weighted by Gasteiger charge is -2.19. The highest BCUT2D eigenvalue weighted by molar-refractivity contribution is 7.10. The molecule has 0 spiro atoms. The van der Waals surface area contributed by atoms with E-state index in [4.69, 9.17) is 10.6 Å². The molecule has 1 aromatic heterocycles. The summed E-state index contributed by atoms with van der Waals surface area (Å²) in [6, 6.07) is 6.46. The SMILES string of the molecule is COc1csc(C(NN)c2cc(C)c(C)cc2C)c1. The topological polar surface area (TPSA) is 47.3 Å². The molecule has 0 radical (unpaired) electrons. The van der Waals surface area contributed by atoms with Gasteiger partial charge in [0.1, 0.15) is 5.75 Å². The van der Waals surface area contributed by atoms with Gasteiger partial charge in [0.25, 0.3) is 0 Å². The summed E-state index contributed by atoms with van der Waals surface area (Å²) in [7, 11) is 1.68. The number of rotatable bonds is 4. The Morgan fingerprint density at radius 2 is 1.79 bits per heavy atom. The molecule has 0 bridgehead atoms. The van der Waals surface area contributed by atoms with Crippen LogP contribution >= 0.6 is 11.3 Å². The number of hydrazine groups is 1. The van der Waals surface area contributed by atoms with Crippen LogP contribution in [-0.2, 0) is 0 Å². The molecule has 1 atom stereocenters. The van der Waals surface area contributed by atoms with Gasteiger partial charge in [0.2, 0.25) is 0 Å². The van der Waals surface area contributed by atoms with E-state index in [9.17, 15) is 0 Å². The monoisotopic (exact) mass is 276 g/mol. The largest absolute Gasteiger partial charge is 0.496 e. The van der Waals surface area contributed by atoms with Crippen molar-refractivity contribution in [1.29, 1.82) is 0 Å². The lowest BCUT2D eigenvalue weighted by atomic mass is 9.95. The second-order valence-electron chi connectivity index (χ2n) is 4.78. The van der Waals surface area contributed by atoms with E-state index >= 15 is 0 Å². The fourth-order valence-electron chi connectivity index (χ4n) is 2.21. The molecule has 102 valence electrons. The second kappa shape index (κ2) is 5.74. The molecule has 1 aromatic carbocycles. The predicted octanol–water partition coefficient (Wildman–Crippen LogP) is 3.23. The highest BCUT2D eigenvalue weighted by Gasteiger charge is 2.17. The van der Waals surface area contributed by atoms with E-state index in [-0.39, 0.29) is 6.04 Å². The van der Waals surface area contributed by atoms with E-state index in [0.717, 1.165) is 10.6 Å². The molecule has 2 rings (SSSR count). The van der Waals surface area contributed by atoms with Gasteiger partial charge in [-0.05, 0) is 49.1 Å². The van der Waals surface area contributed by atoms with Crippen molar-refractivity contribution in [1.82, 2.24) is 5.43 Å². The number of hydrogen-bond acceptors (Lipinski definition) is 4. The number of ether oxygens (including phenoxy) is 1. The predicted molar refractivity (Wildman–Crippen MR) is 80.7 cm³/mol. The third-order valence-corrected chi connectivity index (χ3v) is 4.45. The Bertz CT molecular complexity index is 578. The van der Waals surface area contributed by atoms with Crippen molar-refractivity contribution in [3.8, 4) is 5.75 Å². The van der Waals surface area contributed by atoms with Crippen LogP contribution in [0.25, 0.3) is 0 Å². The molecular formula is C15H20N2OS. The maximum Gasteiger partial charge on any atom is 0.129 e. The molecule has 0 amide bonds. The highest BCUT2D eigenvalue weighted by atomic mass is 32.1. The first-order valence-electron chi connectivity index (χ1n) is 6.23. The summed E-state index contributed by atoms with van der Waals surface area (Å²) in [5.41, 5.74) is 7.97. The van der Waals surface area contributed by atoms with Crippen LogP contribution in [0.5, 0.6) is 5.75 Å². The van der Waals surface area contributed by atoms with Crippen LogP contribution in [0.1, 0.15) is 33.2 Å². The standard InChI is InChI=1S/C15H20N2OS/c1-9-5-11(3)13(6-10(9)2)15(17-16)14-7-12(18-4)8-19-14/h5-8,15,17H,16H2,1-4H3. The molecule has 0 aliphatic carbocycles. The molecule has 1 heterocycles. The van der Waals surface area contributed by atoms with Gasteiger partial charge in [-0.15, -0.1) is 11.3 Å². The minimum absolute atomic E-state index is 0.00759. The minimum Gasteiger partial charge on any atom is -0.496 e. The molecule has 19 heavy (non-hydrogen) atoms. The van der Waals surface area contributed by atoms with E-state index in [1.165, 1.54) is 22.3 Å². The van der Waals surface area contributed by atoms with E-state index in [0.29, 0.717) is 0 Å². The molecular weight excluding hydrogens is 256 g/mol. The van der Waals surface area contributed by atoms with Crippen LogP contribution in [0, 0.1) is 20.8 Å². The Morgan fingerprint density at radius 3 is 2.37 bits per heavy atom. The molecule has 3 nitrogen and oxygen atoms in total.